The van der Waals surface area contributed by atoms with Gasteiger partial charge in [-0.25, -0.2) is 9.59 Å². The molecule has 3 aromatic carbocycles. The fourth-order valence-electron chi connectivity index (χ4n) is 5.39. The molecular formula is C33H38N6O6. The molecule has 1 aliphatic rings. The van der Waals surface area contributed by atoms with Crippen molar-refractivity contribution in [1.29, 1.82) is 0 Å². The minimum Gasteiger partial charge on any atom is -0.485 e. The van der Waals surface area contributed by atoms with Crippen molar-refractivity contribution < 1.29 is 28.8 Å². The van der Waals surface area contributed by atoms with E-state index in [9.17, 15) is 19.5 Å². The highest BCUT2D eigenvalue weighted by Gasteiger charge is 2.35. The number of fused-ring (bicyclic) bond motifs is 2. The average molecular weight is 615 g/mol. The molecule has 0 saturated heterocycles. The van der Waals surface area contributed by atoms with Crippen LogP contribution >= 0.6 is 0 Å². The molecule has 12 nitrogen and oxygen atoms in total. The first-order chi connectivity index (χ1) is 21.6. The molecule has 4 N–H and O–H groups in total. The first-order valence-corrected chi connectivity index (χ1v) is 14.8. The number of aliphatic hydroxyl groups excluding tert-OH is 1. The molecule has 3 atom stereocenters. The number of nitrogens with zero attached hydrogens (tertiary/aromatic N) is 3. The van der Waals surface area contributed by atoms with E-state index in [4.69, 9.17) is 9.26 Å². The van der Waals surface area contributed by atoms with Gasteiger partial charge in [-0.15, -0.1) is 0 Å². The van der Waals surface area contributed by atoms with E-state index in [0.29, 0.717) is 22.8 Å². The molecule has 1 aliphatic heterocycles. The molecule has 2 heterocycles. The Morgan fingerprint density at radius 2 is 1.73 bits per heavy atom. The Morgan fingerprint density at radius 3 is 2.47 bits per heavy atom. The highest BCUT2D eigenvalue weighted by atomic mass is 16.5. The molecular weight excluding hydrogens is 576 g/mol. The predicted molar refractivity (Wildman–Crippen MR) is 172 cm³/mol. The highest BCUT2D eigenvalue weighted by Crippen LogP contribution is 2.35. The Balaban J connectivity index is 1.43. The Bertz CT molecular complexity index is 1700. The number of amides is 5. The Kier molecular flexibility index (Phi) is 9.24. The summed E-state index contributed by atoms with van der Waals surface area (Å²) < 4.78 is 11.7. The summed E-state index contributed by atoms with van der Waals surface area (Å²) in [5.74, 6) is 0.0765. The van der Waals surface area contributed by atoms with Crippen molar-refractivity contribution in [3.8, 4) is 5.75 Å². The van der Waals surface area contributed by atoms with Crippen LogP contribution in [0.15, 0.2) is 65.2 Å². The Morgan fingerprint density at radius 1 is 1.04 bits per heavy atom. The second-order valence-electron chi connectivity index (χ2n) is 11.4. The minimum atomic E-state index is -0.588. The lowest BCUT2D eigenvalue weighted by molar-refractivity contribution is 0.0373. The largest absolute Gasteiger partial charge is 0.485 e. The van der Waals surface area contributed by atoms with Crippen LogP contribution < -0.4 is 20.7 Å². The van der Waals surface area contributed by atoms with E-state index in [1.807, 2.05) is 49.4 Å². The van der Waals surface area contributed by atoms with Crippen LogP contribution in [0.5, 0.6) is 5.75 Å². The zero-order valence-electron chi connectivity index (χ0n) is 26.0. The number of hydrogen-bond donors (Lipinski definition) is 4. The summed E-state index contributed by atoms with van der Waals surface area (Å²) in [7, 11) is 1.64. The number of carbonyl (C=O) groups excluding carboxylic acids is 3. The summed E-state index contributed by atoms with van der Waals surface area (Å²) in [6, 6.07) is 16.9. The number of aromatic nitrogens is 1. The molecule has 0 unspecified atom stereocenters. The minimum absolute atomic E-state index is 0.155. The van der Waals surface area contributed by atoms with Crippen LogP contribution in [-0.4, -0.2) is 76.9 Å². The van der Waals surface area contributed by atoms with E-state index in [2.05, 4.69) is 21.1 Å². The average Bonchev–Trinajstić information content (AvgIpc) is 3.34. The molecule has 0 saturated carbocycles. The smallest absolute Gasteiger partial charge is 0.323 e. The third kappa shape index (κ3) is 6.70. The number of urea groups is 2. The van der Waals surface area contributed by atoms with E-state index >= 15 is 0 Å². The van der Waals surface area contributed by atoms with Crippen LogP contribution in [-0.2, 0) is 0 Å². The number of aryl methyl sites for hydroxylation is 2. The van der Waals surface area contributed by atoms with Gasteiger partial charge in [-0.1, -0.05) is 54.5 Å². The zero-order chi connectivity index (χ0) is 32.2. The number of para-hydroxylation sites is 1. The summed E-state index contributed by atoms with van der Waals surface area (Å²) in [5, 5.41) is 24.3. The third-order valence-corrected chi connectivity index (χ3v) is 8.04. The van der Waals surface area contributed by atoms with Gasteiger partial charge in [0.2, 0.25) is 0 Å². The molecule has 4 aromatic rings. The van der Waals surface area contributed by atoms with E-state index in [1.165, 1.54) is 4.90 Å². The van der Waals surface area contributed by atoms with Gasteiger partial charge in [-0.2, -0.15) is 0 Å². The van der Waals surface area contributed by atoms with Crippen molar-refractivity contribution in [3.05, 3.63) is 77.7 Å². The number of carbonyl (C=O) groups is 3. The van der Waals surface area contributed by atoms with Crippen LogP contribution in [0.25, 0.3) is 10.8 Å². The molecule has 5 rings (SSSR count). The van der Waals surface area contributed by atoms with Crippen molar-refractivity contribution in [2.45, 2.75) is 39.8 Å². The molecule has 236 valence electrons. The molecule has 1 aromatic heterocycles. The van der Waals surface area contributed by atoms with Gasteiger partial charge in [0.05, 0.1) is 36.1 Å². The van der Waals surface area contributed by atoms with Crippen LogP contribution in [0.1, 0.15) is 35.7 Å². The maximum Gasteiger partial charge on any atom is 0.323 e. The number of aliphatic hydroxyl groups is 1. The van der Waals surface area contributed by atoms with Crippen molar-refractivity contribution in [1.82, 2.24) is 15.0 Å². The number of rotatable bonds is 7. The monoisotopic (exact) mass is 614 g/mol. The van der Waals surface area contributed by atoms with E-state index in [0.717, 1.165) is 10.8 Å². The van der Waals surface area contributed by atoms with Gasteiger partial charge in [0.25, 0.3) is 5.91 Å². The fraction of sp³-hybridized carbons (Fsp3) is 0.333. The van der Waals surface area contributed by atoms with Crippen molar-refractivity contribution in [2.75, 3.05) is 42.7 Å². The lowest BCUT2D eigenvalue weighted by atomic mass is 9.99. The predicted octanol–water partition coefficient (Wildman–Crippen LogP) is 5.47. The van der Waals surface area contributed by atoms with Gasteiger partial charge in [0.1, 0.15) is 17.5 Å². The summed E-state index contributed by atoms with van der Waals surface area (Å²) in [6.45, 7) is 7.34. The van der Waals surface area contributed by atoms with Gasteiger partial charge in [0, 0.05) is 24.9 Å². The number of likely N-dealkylation sites (N-methyl/N-ethyl adjacent to an activating group) is 1. The van der Waals surface area contributed by atoms with Crippen LogP contribution in [0, 0.1) is 19.8 Å². The summed E-state index contributed by atoms with van der Waals surface area (Å²) >= 11 is 0. The van der Waals surface area contributed by atoms with Gasteiger partial charge in [0.15, 0.2) is 11.5 Å². The maximum absolute atomic E-state index is 13.8. The van der Waals surface area contributed by atoms with Crippen LogP contribution in [0.2, 0.25) is 0 Å². The van der Waals surface area contributed by atoms with Crippen LogP contribution in [0.4, 0.5) is 26.7 Å². The summed E-state index contributed by atoms with van der Waals surface area (Å²) in [6.07, 6.45) is -0.588. The SMILES string of the molecule is Cc1noc(C)c1NC(=O)N(C)C[C@H]1Oc2c(NC(=O)Nc3cccc4ccccc34)cccc2C(=O)N([C@H](C)CO)C[C@H]1C. The second kappa shape index (κ2) is 13.3. The molecule has 0 bridgehead atoms. The summed E-state index contributed by atoms with van der Waals surface area (Å²) in [5.41, 5.74) is 2.21. The van der Waals surface area contributed by atoms with Gasteiger partial charge in [-0.3, -0.25) is 4.79 Å². The lowest BCUT2D eigenvalue weighted by Gasteiger charge is -2.38. The standard InChI is InChI=1S/C33H38N6O6/c1-19-16-39(20(2)18-40)31(41)25-13-9-15-27(35-32(42)34-26-14-8-11-23-10-6-7-12-24(23)26)30(25)44-28(19)17-38(5)33(43)36-29-21(3)37-45-22(29)4/h6-15,19-20,28,40H,16-18H2,1-5H3,(H,36,43)(H2,34,35,42)/t19-,20-,28-/m1/s1. The van der Waals surface area contributed by atoms with E-state index in [1.54, 1.807) is 50.9 Å². The normalized spacial score (nSPS) is 17.0. The van der Waals surface area contributed by atoms with Crippen molar-refractivity contribution in [3.63, 3.8) is 0 Å². The maximum atomic E-state index is 13.8. The van der Waals surface area contributed by atoms with Crippen LogP contribution in [0.3, 0.4) is 0 Å². The number of anilines is 3. The van der Waals surface area contributed by atoms with Gasteiger partial charge < -0.3 is 40.1 Å². The topological polar surface area (TPSA) is 149 Å². The first kappa shape index (κ1) is 31.3. The Labute approximate surface area is 261 Å². The van der Waals surface area contributed by atoms with Gasteiger partial charge in [-0.05, 0) is 44.4 Å². The zero-order valence-corrected chi connectivity index (χ0v) is 26.0. The quantitative estimate of drug-likeness (QED) is 0.216. The molecule has 0 aliphatic carbocycles. The highest BCUT2D eigenvalue weighted by molar-refractivity contribution is 6.08. The number of nitrogens with one attached hydrogen (secondary N) is 3. The molecule has 0 spiro atoms. The number of ether oxygens (including phenoxy) is 1. The van der Waals surface area contributed by atoms with Crippen molar-refractivity contribution >= 4 is 45.8 Å². The Hall–Kier alpha value is -5.10. The molecule has 45 heavy (non-hydrogen) atoms. The summed E-state index contributed by atoms with van der Waals surface area (Å²) in [4.78, 5) is 43.4. The van der Waals surface area contributed by atoms with Crippen molar-refractivity contribution in [2.24, 2.45) is 5.92 Å². The fourth-order valence-corrected chi connectivity index (χ4v) is 5.39. The van der Waals surface area contributed by atoms with E-state index in [-0.39, 0.29) is 54.6 Å². The first-order valence-electron chi connectivity index (χ1n) is 14.8. The molecule has 0 fully saturated rings. The molecule has 12 heteroatoms. The van der Waals surface area contributed by atoms with E-state index < -0.39 is 18.2 Å². The number of benzene rings is 3. The third-order valence-electron chi connectivity index (χ3n) is 8.04. The van der Waals surface area contributed by atoms with Gasteiger partial charge >= 0.3 is 12.1 Å². The molecule has 0 radical (unpaired) electrons. The number of hydrogen-bond acceptors (Lipinski definition) is 7. The second-order valence-corrected chi connectivity index (χ2v) is 11.4. The lowest BCUT2D eigenvalue weighted by Crippen LogP contribution is -2.50. The molecule has 5 amide bonds.